The summed E-state index contributed by atoms with van der Waals surface area (Å²) in [6.45, 7) is 0. The van der Waals surface area contributed by atoms with E-state index in [1.165, 1.54) is 19.3 Å². The van der Waals surface area contributed by atoms with Gasteiger partial charge in [0.05, 0.1) is 5.60 Å². The number of aliphatic hydroxyl groups is 1. The van der Waals surface area contributed by atoms with Crippen LogP contribution < -0.4 is 0 Å². The van der Waals surface area contributed by atoms with E-state index in [0.29, 0.717) is 5.02 Å². The molecule has 1 aromatic carbocycles. The maximum atomic E-state index is 10.7. The first kappa shape index (κ1) is 11.9. The third-order valence-corrected chi connectivity index (χ3v) is 3.78. The van der Waals surface area contributed by atoms with E-state index in [2.05, 4.69) is 0 Å². The second kappa shape index (κ2) is 5.20. The van der Waals surface area contributed by atoms with Crippen LogP contribution in [0.2, 0.25) is 5.02 Å². The third kappa shape index (κ3) is 2.78. The Morgan fingerprint density at radius 2 is 1.62 bits per heavy atom. The van der Waals surface area contributed by atoms with Gasteiger partial charge in [-0.1, -0.05) is 55.8 Å². The first-order chi connectivity index (χ1) is 7.71. The highest BCUT2D eigenvalue weighted by molar-refractivity contribution is 6.30. The number of halogens is 1. The molecule has 0 saturated heterocycles. The first-order valence-corrected chi connectivity index (χ1v) is 6.57. The van der Waals surface area contributed by atoms with Gasteiger partial charge in [0.1, 0.15) is 0 Å². The fourth-order valence-corrected chi connectivity index (χ4v) is 2.75. The molecule has 0 aromatic heterocycles. The normalized spacial score (nSPS) is 21.1. The zero-order chi connectivity index (χ0) is 11.4. The van der Waals surface area contributed by atoms with Gasteiger partial charge < -0.3 is 5.11 Å². The van der Waals surface area contributed by atoms with Crippen LogP contribution in [-0.2, 0) is 5.60 Å². The second-order valence-corrected chi connectivity index (χ2v) is 5.25. The summed E-state index contributed by atoms with van der Waals surface area (Å²) < 4.78 is 0. The predicted molar refractivity (Wildman–Crippen MR) is 67.7 cm³/mol. The van der Waals surface area contributed by atoms with Gasteiger partial charge in [-0.05, 0) is 30.5 Å². The average molecular weight is 239 g/mol. The minimum absolute atomic E-state index is 0.647. The molecule has 0 unspecified atom stereocenters. The van der Waals surface area contributed by atoms with E-state index in [-0.39, 0.29) is 0 Å². The lowest BCUT2D eigenvalue weighted by atomic mass is 9.82. The largest absolute Gasteiger partial charge is 0.385 e. The van der Waals surface area contributed by atoms with Crippen molar-refractivity contribution < 1.29 is 5.11 Å². The Morgan fingerprint density at radius 3 is 2.25 bits per heavy atom. The van der Waals surface area contributed by atoms with E-state index < -0.39 is 5.60 Å². The molecule has 16 heavy (non-hydrogen) atoms. The van der Waals surface area contributed by atoms with E-state index in [4.69, 9.17) is 11.6 Å². The molecular weight excluding hydrogens is 220 g/mol. The summed E-state index contributed by atoms with van der Waals surface area (Å²) in [7, 11) is 0. The lowest BCUT2D eigenvalue weighted by Gasteiger charge is -2.30. The molecule has 1 fully saturated rings. The molecule has 0 atom stereocenters. The molecule has 1 N–H and O–H groups in total. The molecule has 1 aliphatic carbocycles. The summed E-state index contributed by atoms with van der Waals surface area (Å²) in [5, 5.41) is 11.4. The summed E-state index contributed by atoms with van der Waals surface area (Å²) in [5.74, 6) is 0. The zero-order valence-electron chi connectivity index (χ0n) is 9.58. The smallest absolute Gasteiger partial charge is 0.0897 e. The summed E-state index contributed by atoms with van der Waals surface area (Å²) >= 11 is 5.99. The maximum Gasteiger partial charge on any atom is 0.0897 e. The summed E-state index contributed by atoms with van der Waals surface area (Å²) in [5.41, 5.74) is 0.340. The van der Waals surface area contributed by atoms with E-state index in [0.717, 1.165) is 31.2 Å². The van der Waals surface area contributed by atoms with Gasteiger partial charge in [0.2, 0.25) is 0 Å². The Balaban J connectivity index is 2.20. The SMILES string of the molecule is OC1(c2cccc(Cl)c2)CCCCCCC1. The highest BCUT2D eigenvalue weighted by Gasteiger charge is 2.29. The zero-order valence-corrected chi connectivity index (χ0v) is 10.3. The lowest BCUT2D eigenvalue weighted by molar-refractivity contribution is 0.00962. The van der Waals surface area contributed by atoms with Gasteiger partial charge in [0.15, 0.2) is 0 Å². The molecule has 88 valence electrons. The minimum atomic E-state index is -0.647. The van der Waals surface area contributed by atoms with Gasteiger partial charge in [-0.25, -0.2) is 0 Å². The molecule has 1 aliphatic rings. The molecule has 2 heteroatoms. The van der Waals surface area contributed by atoms with E-state index in [1.807, 2.05) is 24.3 Å². The van der Waals surface area contributed by atoms with Crippen molar-refractivity contribution >= 4 is 11.6 Å². The topological polar surface area (TPSA) is 20.2 Å². The Hall–Kier alpha value is -0.530. The monoisotopic (exact) mass is 238 g/mol. The quantitative estimate of drug-likeness (QED) is 0.775. The maximum absolute atomic E-state index is 10.7. The molecule has 0 radical (unpaired) electrons. The van der Waals surface area contributed by atoms with Crippen LogP contribution in [0, 0.1) is 0 Å². The fourth-order valence-electron chi connectivity index (χ4n) is 2.56. The number of hydrogen-bond acceptors (Lipinski definition) is 1. The first-order valence-electron chi connectivity index (χ1n) is 6.19. The summed E-state index contributed by atoms with van der Waals surface area (Å²) in [6, 6.07) is 7.68. The Labute approximate surface area is 102 Å². The Kier molecular flexibility index (Phi) is 3.88. The molecule has 0 bridgehead atoms. The minimum Gasteiger partial charge on any atom is -0.385 e. The average Bonchev–Trinajstić information content (AvgIpc) is 2.24. The number of benzene rings is 1. The van der Waals surface area contributed by atoms with Crippen LogP contribution in [0.3, 0.4) is 0 Å². The van der Waals surface area contributed by atoms with Crippen molar-refractivity contribution in [1.82, 2.24) is 0 Å². The second-order valence-electron chi connectivity index (χ2n) is 4.81. The number of rotatable bonds is 1. The van der Waals surface area contributed by atoms with Crippen LogP contribution in [0.5, 0.6) is 0 Å². The Bertz CT molecular complexity index is 340. The molecule has 1 nitrogen and oxygen atoms in total. The van der Waals surface area contributed by atoms with Crippen LogP contribution in [0.1, 0.15) is 50.5 Å². The van der Waals surface area contributed by atoms with Gasteiger partial charge in [-0.2, -0.15) is 0 Å². The van der Waals surface area contributed by atoms with E-state index in [9.17, 15) is 5.11 Å². The molecule has 1 aromatic rings. The molecule has 0 amide bonds. The summed E-state index contributed by atoms with van der Waals surface area (Å²) in [4.78, 5) is 0. The van der Waals surface area contributed by atoms with Crippen molar-refractivity contribution in [2.45, 2.75) is 50.5 Å². The molecule has 1 saturated carbocycles. The van der Waals surface area contributed by atoms with Crippen molar-refractivity contribution in [3.8, 4) is 0 Å². The highest BCUT2D eigenvalue weighted by Crippen LogP contribution is 2.35. The fraction of sp³-hybridized carbons (Fsp3) is 0.571. The predicted octanol–water partition coefficient (Wildman–Crippen LogP) is 4.27. The van der Waals surface area contributed by atoms with E-state index in [1.54, 1.807) is 0 Å². The van der Waals surface area contributed by atoms with E-state index >= 15 is 0 Å². The van der Waals surface area contributed by atoms with Gasteiger partial charge in [0.25, 0.3) is 0 Å². The standard InChI is InChI=1S/C14H19ClO/c15-13-8-6-7-12(11-13)14(16)9-4-2-1-3-5-10-14/h6-8,11,16H,1-5,9-10H2. The van der Waals surface area contributed by atoms with Crippen LogP contribution in [0.15, 0.2) is 24.3 Å². The van der Waals surface area contributed by atoms with Crippen LogP contribution in [0.25, 0.3) is 0 Å². The van der Waals surface area contributed by atoms with Gasteiger partial charge in [0, 0.05) is 5.02 Å². The van der Waals surface area contributed by atoms with Crippen molar-refractivity contribution in [3.05, 3.63) is 34.9 Å². The highest BCUT2D eigenvalue weighted by atomic mass is 35.5. The van der Waals surface area contributed by atoms with Crippen molar-refractivity contribution in [2.24, 2.45) is 0 Å². The van der Waals surface area contributed by atoms with Gasteiger partial charge in [-0.15, -0.1) is 0 Å². The van der Waals surface area contributed by atoms with Gasteiger partial charge in [-0.3, -0.25) is 0 Å². The van der Waals surface area contributed by atoms with Gasteiger partial charge >= 0.3 is 0 Å². The summed E-state index contributed by atoms with van der Waals surface area (Å²) in [6.07, 6.45) is 7.75. The molecule has 2 rings (SSSR count). The molecular formula is C14H19ClO. The molecule has 0 aliphatic heterocycles. The van der Waals surface area contributed by atoms with Crippen LogP contribution in [-0.4, -0.2) is 5.11 Å². The van der Waals surface area contributed by atoms with Crippen molar-refractivity contribution in [1.29, 1.82) is 0 Å². The Morgan fingerprint density at radius 1 is 1.00 bits per heavy atom. The third-order valence-electron chi connectivity index (χ3n) is 3.54. The number of hydrogen-bond donors (Lipinski definition) is 1. The van der Waals surface area contributed by atoms with Crippen molar-refractivity contribution in [2.75, 3.05) is 0 Å². The van der Waals surface area contributed by atoms with Crippen LogP contribution >= 0.6 is 11.6 Å². The lowest BCUT2D eigenvalue weighted by Crippen LogP contribution is -2.26. The molecule has 0 spiro atoms. The van der Waals surface area contributed by atoms with Crippen LogP contribution in [0.4, 0.5) is 0 Å². The molecule has 0 heterocycles. The van der Waals surface area contributed by atoms with Crippen molar-refractivity contribution in [3.63, 3.8) is 0 Å².